The van der Waals surface area contributed by atoms with Crippen LogP contribution in [-0.4, -0.2) is 63.8 Å². The second-order valence-electron chi connectivity index (χ2n) is 8.68. The van der Waals surface area contributed by atoms with Crippen LogP contribution < -0.4 is 14.2 Å². The molecule has 0 atom stereocenters. The standard InChI is InChI=1S/C28H30N2O6/c1-30(2)24(31)16-36-28(32)25-19-10-6-7-12-21(19)29-26-18(9-8-11-20(25)26)13-17-14-22(33-3)27(35-5)23(15-17)34-4/h6-7,10,12-15H,8-9,11,16H2,1-5H3/b18-13-. The summed E-state index contributed by atoms with van der Waals surface area (Å²) in [5.41, 5.74) is 4.62. The molecule has 0 N–H and O–H groups in total. The van der Waals surface area contributed by atoms with E-state index in [2.05, 4.69) is 0 Å². The lowest BCUT2D eigenvalue weighted by Gasteiger charge is -2.23. The van der Waals surface area contributed by atoms with E-state index in [9.17, 15) is 9.59 Å². The fraction of sp³-hybridized carbons (Fsp3) is 0.321. The maximum atomic E-state index is 13.3. The van der Waals surface area contributed by atoms with E-state index in [1.54, 1.807) is 35.4 Å². The molecule has 1 amide bonds. The molecule has 36 heavy (non-hydrogen) atoms. The van der Waals surface area contributed by atoms with E-state index in [1.807, 2.05) is 42.5 Å². The second-order valence-corrected chi connectivity index (χ2v) is 8.68. The highest BCUT2D eigenvalue weighted by molar-refractivity contribution is 6.07. The van der Waals surface area contributed by atoms with Crippen molar-refractivity contribution in [3.8, 4) is 17.2 Å². The van der Waals surface area contributed by atoms with Crippen LogP contribution in [0.1, 0.15) is 40.0 Å². The number of hydrogen-bond acceptors (Lipinski definition) is 7. The summed E-state index contributed by atoms with van der Waals surface area (Å²) in [5, 5.41) is 0.715. The molecule has 1 aliphatic carbocycles. The van der Waals surface area contributed by atoms with Crippen LogP contribution in [0.25, 0.3) is 22.6 Å². The third-order valence-corrected chi connectivity index (χ3v) is 6.23. The van der Waals surface area contributed by atoms with Crippen molar-refractivity contribution in [2.45, 2.75) is 19.3 Å². The Balaban J connectivity index is 1.83. The number of esters is 1. The van der Waals surface area contributed by atoms with Gasteiger partial charge >= 0.3 is 5.97 Å². The third kappa shape index (κ3) is 4.84. The number of nitrogens with zero attached hydrogens (tertiary/aromatic N) is 2. The Morgan fingerprint density at radius 2 is 1.69 bits per heavy atom. The fourth-order valence-electron chi connectivity index (χ4n) is 4.42. The zero-order valence-corrected chi connectivity index (χ0v) is 21.2. The maximum absolute atomic E-state index is 13.3. The number of rotatable bonds is 7. The lowest BCUT2D eigenvalue weighted by Crippen LogP contribution is -2.28. The van der Waals surface area contributed by atoms with Gasteiger partial charge in [0.25, 0.3) is 5.91 Å². The van der Waals surface area contributed by atoms with E-state index < -0.39 is 5.97 Å². The zero-order valence-electron chi connectivity index (χ0n) is 21.2. The first kappa shape index (κ1) is 25.0. The Bertz CT molecular complexity index is 1320. The van der Waals surface area contributed by atoms with Crippen LogP contribution in [-0.2, 0) is 16.0 Å². The van der Waals surface area contributed by atoms with E-state index in [0.717, 1.165) is 35.2 Å². The number of ether oxygens (including phenoxy) is 4. The van der Waals surface area contributed by atoms with Gasteiger partial charge in [-0.25, -0.2) is 9.78 Å². The van der Waals surface area contributed by atoms with Gasteiger partial charge in [0.15, 0.2) is 18.1 Å². The number of amides is 1. The summed E-state index contributed by atoms with van der Waals surface area (Å²) in [7, 11) is 7.98. The molecule has 1 aliphatic rings. The number of fused-ring (bicyclic) bond motifs is 2. The molecule has 1 heterocycles. The molecule has 0 spiro atoms. The number of aromatic nitrogens is 1. The molecule has 0 saturated heterocycles. The highest BCUT2D eigenvalue weighted by Crippen LogP contribution is 2.41. The molecule has 0 bridgehead atoms. The molecule has 0 aliphatic heterocycles. The van der Waals surface area contributed by atoms with Crippen molar-refractivity contribution < 1.29 is 28.5 Å². The summed E-state index contributed by atoms with van der Waals surface area (Å²) in [5.74, 6) is 0.835. The summed E-state index contributed by atoms with van der Waals surface area (Å²) in [4.78, 5) is 31.6. The summed E-state index contributed by atoms with van der Waals surface area (Å²) in [6.07, 6.45) is 4.36. The molecule has 0 saturated carbocycles. The highest BCUT2D eigenvalue weighted by atomic mass is 16.5. The average Bonchev–Trinajstić information content (AvgIpc) is 2.89. The molecule has 0 unspecified atom stereocenters. The number of carbonyl (C=O) groups is 2. The SMILES string of the molecule is COc1cc(/C=C2/CCCc3c2nc2ccccc2c3C(=O)OCC(=O)N(C)C)cc(OC)c1OC. The number of para-hydroxylation sites is 1. The number of benzene rings is 2. The minimum absolute atomic E-state index is 0.279. The van der Waals surface area contributed by atoms with E-state index in [4.69, 9.17) is 23.9 Å². The van der Waals surface area contributed by atoms with Gasteiger partial charge in [-0.2, -0.15) is 0 Å². The summed E-state index contributed by atoms with van der Waals surface area (Å²) >= 11 is 0. The number of pyridine rings is 1. The van der Waals surface area contributed by atoms with Crippen LogP contribution in [0.15, 0.2) is 36.4 Å². The lowest BCUT2D eigenvalue weighted by atomic mass is 9.86. The largest absolute Gasteiger partial charge is 0.493 e. The van der Waals surface area contributed by atoms with Gasteiger partial charge in [-0.3, -0.25) is 4.79 Å². The predicted octanol–water partition coefficient (Wildman–Crippen LogP) is 4.38. The predicted molar refractivity (Wildman–Crippen MR) is 138 cm³/mol. The molecule has 0 radical (unpaired) electrons. The number of likely N-dealkylation sites (N-methyl/N-ethyl adjacent to an activating group) is 1. The molecule has 0 fully saturated rings. The highest BCUT2D eigenvalue weighted by Gasteiger charge is 2.26. The van der Waals surface area contributed by atoms with Crippen LogP contribution in [0.4, 0.5) is 0 Å². The van der Waals surface area contributed by atoms with Gasteiger partial charge in [0.2, 0.25) is 5.75 Å². The Kier molecular flexibility index (Phi) is 7.43. The van der Waals surface area contributed by atoms with Crippen molar-refractivity contribution in [2.24, 2.45) is 0 Å². The molecular weight excluding hydrogens is 460 g/mol. The number of allylic oxidation sites excluding steroid dienone is 1. The first-order valence-electron chi connectivity index (χ1n) is 11.7. The quantitative estimate of drug-likeness (QED) is 0.454. The first-order chi connectivity index (χ1) is 17.4. The molecule has 1 aromatic heterocycles. The summed E-state index contributed by atoms with van der Waals surface area (Å²) < 4.78 is 21.9. The second kappa shape index (κ2) is 10.7. The van der Waals surface area contributed by atoms with Crippen LogP contribution in [0.3, 0.4) is 0 Å². The Morgan fingerprint density at radius 1 is 1.00 bits per heavy atom. The molecule has 8 nitrogen and oxygen atoms in total. The number of methoxy groups -OCH3 is 3. The number of hydrogen-bond donors (Lipinski definition) is 0. The van der Waals surface area contributed by atoms with Crippen molar-refractivity contribution in [3.05, 3.63) is 58.8 Å². The van der Waals surface area contributed by atoms with Crippen LogP contribution in [0.5, 0.6) is 17.2 Å². The molecule has 4 rings (SSSR count). The smallest absolute Gasteiger partial charge is 0.339 e. The average molecular weight is 491 g/mol. The molecule has 2 aromatic carbocycles. The fourth-order valence-corrected chi connectivity index (χ4v) is 4.42. The monoisotopic (exact) mass is 490 g/mol. The van der Waals surface area contributed by atoms with Crippen molar-refractivity contribution in [1.82, 2.24) is 9.88 Å². The summed E-state index contributed by atoms with van der Waals surface area (Å²) in [6.45, 7) is -0.314. The minimum Gasteiger partial charge on any atom is -0.493 e. The van der Waals surface area contributed by atoms with E-state index in [1.165, 1.54) is 4.90 Å². The topological polar surface area (TPSA) is 87.2 Å². The van der Waals surface area contributed by atoms with Gasteiger partial charge in [0, 0.05) is 19.5 Å². The molecule has 8 heteroatoms. The Morgan fingerprint density at radius 3 is 2.33 bits per heavy atom. The lowest BCUT2D eigenvalue weighted by molar-refractivity contribution is -0.131. The van der Waals surface area contributed by atoms with Gasteiger partial charge in [0.05, 0.1) is 38.1 Å². The van der Waals surface area contributed by atoms with E-state index in [0.29, 0.717) is 40.1 Å². The summed E-state index contributed by atoms with van der Waals surface area (Å²) in [6, 6.07) is 11.3. The van der Waals surface area contributed by atoms with Crippen LogP contribution in [0.2, 0.25) is 0 Å². The van der Waals surface area contributed by atoms with Crippen LogP contribution in [0, 0.1) is 0 Å². The normalized spacial score (nSPS) is 13.8. The van der Waals surface area contributed by atoms with Gasteiger partial charge in [-0.1, -0.05) is 18.2 Å². The zero-order chi connectivity index (χ0) is 25.8. The molecule has 3 aromatic rings. The van der Waals surface area contributed by atoms with E-state index >= 15 is 0 Å². The van der Waals surface area contributed by atoms with Gasteiger partial charge < -0.3 is 23.8 Å². The minimum atomic E-state index is -0.519. The van der Waals surface area contributed by atoms with Crippen LogP contribution >= 0.6 is 0 Å². The van der Waals surface area contributed by atoms with Gasteiger partial charge in [0.1, 0.15) is 0 Å². The molecule has 188 valence electrons. The third-order valence-electron chi connectivity index (χ3n) is 6.23. The van der Waals surface area contributed by atoms with Crippen molar-refractivity contribution in [1.29, 1.82) is 0 Å². The Labute approximate surface area is 210 Å². The molecular formula is C28H30N2O6. The Hall–Kier alpha value is -4.07. The van der Waals surface area contributed by atoms with Gasteiger partial charge in [-0.15, -0.1) is 0 Å². The number of carbonyl (C=O) groups excluding carboxylic acids is 2. The van der Waals surface area contributed by atoms with Crippen molar-refractivity contribution in [2.75, 3.05) is 42.0 Å². The van der Waals surface area contributed by atoms with Gasteiger partial charge in [-0.05, 0) is 60.2 Å². The van der Waals surface area contributed by atoms with E-state index in [-0.39, 0.29) is 12.5 Å². The first-order valence-corrected chi connectivity index (χ1v) is 11.7. The van der Waals surface area contributed by atoms with Crippen molar-refractivity contribution >= 4 is 34.4 Å². The maximum Gasteiger partial charge on any atom is 0.339 e. The van der Waals surface area contributed by atoms with Crippen molar-refractivity contribution in [3.63, 3.8) is 0 Å².